The van der Waals surface area contributed by atoms with E-state index in [1.807, 2.05) is 0 Å². The summed E-state index contributed by atoms with van der Waals surface area (Å²) < 4.78 is 24.3. The average Bonchev–Trinajstić information content (AvgIpc) is 3.23. The molecule has 0 aliphatic carbocycles. The van der Waals surface area contributed by atoms with Crippen molar-refractivity contribution in [2.24, 2.45) is 0 Å². The number of carbonyl (C=O) groups is 1. The van der Waals surface area contributed by atoms with Gasteiger partial charge in [0.15, 0.2) is 0 Å². The first-order valence-electron chi connectivity index (χ1n) is 7.05. The molecular formula is C18H14FNO3. The number of amides is 1. The van der Waals surface area contributed by atoms with Crippen LogP contribution in [0.25, 0.3) is 17.4 Å². The second-order valence-corrected chi connectivity index (χ2v) is 4.81. The maximum absolute atomic E-state index is 13.7. The first kappa shape index (κ1) is 14.8. The van der Waals surface area contributed by atoms with E-state index >= 15 is 0 Å². The van der Waals surface area contributed by atoms with Crippen molar-refractivity contribution in [2.75, 3.05) is 0 Å². The van der Waals surface area contributed by atoms with E-state index in [2.05, 4.69) is 5.32 Å². The fraction of sp³-hybridized carbons (Fsp3) is 0.0556. The molecule has 0 saturated heterocycles. The number of hydrogen-bond donors (Lipinski definition) is 1. The van der Waals surface area contributed by atoms with Gasteiger partial charge in [-0.3, -0.25) is 4.79 Å². The van der Waals surface area contributed by atoms with E-state index in [0.29, 0.717) is 29.4 Å². The van der Waals surface area contributed by atoms with E-state index in [-0.39, 0.29) is 11.7 Å². The molecule has 2 aromatic heterocycles. The fourth-order valence-electron chi connectivity index (χ4n) is 2.05. The van der Waals surface area contributed by atoms with Gasteiger partial charge in [0.2, 0.25) is 5.91 Å². The third-order valence-electron chi connectivity index (χ3n) is 3.18. The van der Waals surface area contributed by atoms with Crippen molar-refractivity contribution in [2.45, 2.75) is 6.54 Å². The Balaban J connectivity index is 1.62. The number of benzene rings is 1. The van der Waals surface area contributed by atoms with Crippen LogP contribution in [0.1, 0.15) is 11.5 Å². The smallest absolute Gasteiger partial charge is 0.244 e. The van der Waals surface area contributed by atoms with E-state index in [9.17, 15) is 9.18 Å². The summed E-state index contributed by atoms with van der Waals surface area (Å²) in [5, 5.41) is 2.68. The Morgan fingerprint density at radius 3 is 2.78 bits per heavy atom. The highest BCUT2D eigenvalue weighted by Gasteiger charge is 2.08. The SMILES string of the molecule is O=C(/C=C/c1ccc(-c2ccccc2F)o1)NCc1ccco1. The molecule has 0 saturated carbocycles. The number of carbonyl (C=O) groups excluding carboxylic acids is 1. The van der Waals surface area contributed by atoms with Crippen molar-refractivity contribution < 1.29 is 18.0 Å². The monoisotopic (exact) mass is 311 g/mol. The Bertz CT molecular complexity index is 818. The maximum atomic E-state index is 13.7. The predicted molar refractivity (Wildman–Crippen MR) is 83.7 cm³/mol. The standard InChI is InChI=1S/C18H14FNO3/c19-16-6-2-1-5-15(16)17-9-7-13(23-17)8-10-18(21)20-12-14-4-3-11-22-14/h1-11H,12H2,(H,20,21)/b10-8+. The van der Waals surface area contributed by atoms with Crippen LogP contribution in [-0.2, 0) is 11.3 Å². The van der Waals surface area contributed by atoms with E-state index < -0.39 is 0 Å². The summed E-state index contributed by atoms with van der Waals surface area (Å²) in [6.07, 6.45) is 4.43. The van der Waals surface area contributed by atoms with Gasteiger partial charge in [0.1, 0.15) is 23.1 Å². The summed E-state index contributed by atoms with van der Waals surface area (Å²) in [7, 11) is 0. The van der Waals surface area contributed by atoms with Crippen molar-refractivity contribution in [1.29, 1.82) is 0 Å². The van der Waals surface area contributed by atoms with Gasteiger partial charge in [-0.05, 0) is 42.5 Å². The third kappa shape index (κ3) is 3.77. The average molecular weight is 311 g/mol. The lowest BCUT2D eigenvalue weighted by Crippen LogP contribution is -2.19. The predicted octanol–water partition coefficient (Wildman–Crippen LogP) is 4.01. The second-order valence-electron chi connectivity index (χ2n) is 4.81. The van der Waals surface area contributed by atoms with Crippen LogP contribution in [0.3, 0.4) is 0 Å². The van der Waals surface area contributed by atoms with Gasteiger partial charge in [0.25, 0.3) is 0 Å². The summed E-state index contributed by atoms with van der Waals surface area (Å²) in [6, 6.07) is 13.2. The van der Waals surface area contributed by atoms with Gasteiger partial charge in [0.05, 0.1) is 18.4 Å². The normalized spacial score (nSPS) is 11.0. The number of hydrogen-bond acceptors (Lipinski definition) is 3. The van der Waals surface area contributed by atoms with Crippen LogP contribution in [0.5, 0.6) is 0 Å². The molecule has 0 aliphatic rings. The zero-order valence-electron chi connectivity index (χ0n) is 12.2. The van der Waals surface area contributed by atoms with Crippen LogP contribution in [0.4, 0.5) is 4.39 Å². The molecular weight excluding hydrogens is 297 g/mol. The van der Waals surface area contributed by atoms with Crippen molar-refractivity contribution >= 4 is 12.0 Å². The van der Waals surface area contributed by atoms with Crippen LogP contribution in [-0.4, -0.2) is 5.91 Å². The van der Waals surface area contributed by atoms with Crippen LogP contribution in [0, 0.1) is 5.82 Å². The molecule has 3 aromatic rings. The van der Waals surface area contributed by atoms with E-state index in [1.165, 1.54) is 18.2 Å². The summed E-state index contributed by atoms with van der Waals surface area (Å²) in [4.78, 5) is 11.7. The molecule has 1 N–H and O–H groups in total. The number of nitrogens with one attached hydrogen (secondary N) is 1. The zero-order valence-corrected chi connectivity index (χ0v) is 12.2. The Hall–Kier alpha value is -3.08. The molecule has 5 heteroatoms. The Labute approximate surface area is 132 Å². The topological polar surface area (TPSA) is 55.4 Å². The van der Waals surface area contributed by atoms with Crippen LogP contribution in [0.15, 0.2) is 69.7 Å². The number of furan rings is 2. The molecule has 0 unspecified atom stereocenters. The lowest BCUT2D eigenvalue weighted by molar-refractivity contribution is -0.116. The number of halogens is 1. The summed E-state index contributed by atoms with van der Waals surface area (Å²) in [5.74, 6) is 0.931. The molecule has 3 rings (SSSR count). The van der Waals surface area contributed by atoms with Gasteiger partial charge in [-0.1, -0.05) is 12.1 Å². The Morgan fingerprint density at radius 2 is 2.00 bits per heavy atom. The molecule has 0 aliphatic heterocycles. The summed E-state index contributed by atoms with van der Waals surface area (Å²) in [6.45, 7) is 0.314. The van der Waals surface area contributed by atoms with E-state index in [4.69, 9.17) is 8.83 Å². The molecule has 0 spiro atoms. The Morgan fingerprint density at radius 1 is 1.13 bits per heavy atom. The fourth-order valence-corrected chi connectivity index (χ4v) is 2.05. The van der Waals surface area contributed by atoms with Crippen LogP contribution in [0.2, 0.25) is 0 Å². The highest BCUT2D eigenvalue weighted by Crippen LogP contribution is 2.25. The molecule has 0 atom stereocenters. The van der Waals surface area contributed by atoms with E-state index in [1.54, 1.807) is 48.7 Å². The van der Waals surface area contributed by atoms with Gasteiger partial charge >= 0.3 is 0 Å². The first-order chi connectivity index (χ1) is 11.2. The van der Waals surface area contributed by atoms with Crippen molar-refractivity contribution in [3.05, 3.63) is 78.2 Å². The largest absolute Gasteiger partial charge is 0.467 e. The second kappa shape index (κ2) is 6.79. The Kier molecular flexibility index (Phi) is 4.38. The molecule has 23 heavy (non-hydrogen) atoms. The minimum absolute atomic E-state index is 0.273. The first-order valence-corrected chi connectivity index (χ1v) is 7.05. The molecule has 1 aromatic carbocycles. The zero-order chi connectivity index (χ0) is 16.1. The molecule has 4 nitrogen and oxygen atoms in total. The molecule has 1 amide bonds. The minimum Gasteiger partial charge on any atom is -0.467 e. The number of rotatable bonds is 5. The van der Waals surface area contributed by atoms with Gasteiger partial charge < -0.3 is 14.2 Å². The molecule has 0 fully saturated rings. The van der Waals surface area contributed by atoms with Gasteiger partial charge in [0, 0.05) is 6.08 Å². The quantitative estimate of drug-likeness (QED) is 0.724. The molecule has 0 radical (unpaired) electrons. The highest BCUT2D eigenvalue weighted by molar-refractivity contribution is 5.91. The summed E-state index contributed by atoms with van der Waals surface area (Å²) >= 11 is 0. The minimum atomic E-state index is -0.353. The van der Waals surface area contributed by atoms with Crippen molar-refractivity contribution in [3.63, 3.8) is 0 Å². The van der Waals surface area contributed by atoms with E-state index in [0.717, 1.165) is 0 Å². The lowest BCUT2D eigenvalue weighted by atomic mass is 10.1. The van der Waals surface area contributed by atoms with Gasteiger partial charge in [-0.25, -0.2) is 4.39 Å². The van der Waals surface area contributed by atoms with Gasteiger partial charge in [-0.15, -0.1) is 0 Å². The highest BCUT2D eigenvalue weighted by atomic mass is 19.1. The molecule has 0 bridgehead atoms. The third-order valence-corrected chi connectivity index (χ3v) is 3.18. The van der Waals surface area contributed by atoms with Crippen LogP contribution >= 0.6 is 0 Å². The lowest BCUT2D eigenvalue weighted by Gasteiger charge is -1.98. The maximum Gasteiger partial charge on any atom is 0.244 e. The van der Waals surface area contributed by atoms with Crippen molar-refractivity contribution in [1.82, 2.24) is 5.32 Å². The molecule has 116 valence electrons. The van der Waals surface area contributed by atoms with Gasteiger partial charge in [-0.2, -0.15) is 0 Å². The van der Waals surface area contributed by atoms with Crippen molar-refractivity contribution in [3.8, 4) is 11.3 Å². The molecule has 2 heterocycles. The van der Waals surface area contributed by atoms with Crippen LogP contribution < -0.4 is 5.32 Å². The summed E-state index contributed by atoms with van der Waals surface area (Å²) in [5.41, 5.74) is 0.384.